The Morgan fingerprint density at radius 1 is 1.35 bits per heavy atom. The molecule has 1 unspecified atom stereocenters. The predicted octanol–water partition coefficient (Wildman–Crippen LogP) is 2.77. The second-order valence-corrected chi connectivity index (χ2v) is 8.09. The van der Waals surface area contributed by atoms with E-state index in [-0.39, 0.29) is 17.6 Å². The van der Waals surface area contributed by atoms with Crippen LogP contribution < -0.4 is 10.5 Å². The van der Waals surface area contributed by atoms with Crippen LogP contribution in [0.25, 0.3) is 16.6 Å². The Bertz CT molecular complexity index is 1280. The Morgan fingerprint density at radius 3 is 2.94 bits per heavy atom. The van der Waals surface area contributed by atoms with Gasteiger partial charge in [0.2, 0.25) is 5.95 Å². The lowest BCUT2D eigenvalue weighted by molar-refractivity contribution is -0.00946. The molecule has 5 rings (SSSR count). The summed E-state index contributed by atoms with van der Waals surface area (Å²) in [5.41, 5.74) is 6.85. The predicted molar refractivity (Wildman–Crippen MR) is 112 cm³/mol. The molecule has 3 aromatic heterocycles. The van der Waals surface area contributed by atoms with E-state index in [4.69, 9.17) is 15.5 Å². The molecule has 10 heteroatoms. The molecule has 1 saturated carbocycles. The number of hydrogen-bond donors (Lipinski definition) is 2. The van der Waals surface area contributed by atoms with Crippen molar-refractivity contribution in [1.29, 1.82) is 0 Å². The molecule has 0 amide bonds. The van der Waals surface area contributed by atoms with Gasteiger partial charge in [-0.2, -0.15) is 9.61 Å². The van der Waals surface area contributed by atoms with E-state index in [2.05, 4.69) is 15.2 Å². The molecule has 0 aliphatic heterocycles. The third kappa shape index (κ3) is 3.18. The van der Waals surface area contributed by atoms with Crippen LogP contribution in [0.15, 0.2) is 24.5 Å². The number of rotatable bonds is 4. The van der Waals surface area contributed by atoms with E-state index in [9.17, 15) is 9.50 Å². The van der Waals surface area contributed by atoms with Gasteiger partial charge in [-0.3, -0.25) is 4.68 Å². The van der Waals surface area contributed by atoms with Crippen LogP contribution in [0.4, 0.5) is 10.3 Å². The molecule has 0 saturated heterocycles. The summed E-state index contributed by atoms with van der Waals surface area (Å²) in [6, 6.07) is 2.84. The van der Waals surface area contributed by atoms with Crippen LogP contribution in [0, 0.1) is 5.82 Å². The fourth-order valence-electron chi connectivity index (χ4n) is 4.49. The van der Waals surface area contributed by atoms with Gasteiger partial charge in [-0.1, -0.05) is 0 Å². The van der Waals surface area contributed by atoms with E-state index in [0.717, 1.165) is 24.9 Å². The highest BCUT2D eigenvalue weighted by Gasteiger charge is 2.39. The second kappa shape index (κ2) is 7.16. The largest absolute Gasteiger partial charge is 0.494 e. The highest BCUT2D eigenvalue weighted by molar-refractivity contribution is 5.93. The van der Waals surface area contributed by atoms with E-state index in [1.807, 2.05) is 13.1 Å². The summed E-state index contributed by atoms with van der Waals surface area (Å²) in [4.78, 5) is 9.03. The van der Waals surface area contributed by atoms with E-state index in [1.54, 1.807) is 10.9 Å². The van der Waals surface area contributed by atoms with Crippen molar-refractivity contribution in [2.75, 3.05) is 12.8 Å². The number of aromatic nitrogens is 6. The zero-order valence-electron chi connectivity index (χ0n) is 17.4. The molecular formula is C21H24FN7O2. The SMILES string of the molecule is CCn1cc([C@@]2(O)CCCC(c3nc4c5cc(F)c(OC)cc5nc(N)n4n3)C2)cn1. The standard InChI is InChI=1S/C21H24FN7O2/c1-3-28-11-13(10-24-28)21(30)6-4-5-12(9-21)18-26-19-14-7-15(22)17(31-2)8-16(14)25-20(23)29(19)27-18/h7-8,10-12,30H,3-6,9H2,1-2H3,(H2,23,25)/t12?,21-/m1/s1. The number of methoxy groups -OCH3 is 1. The summed E-state index contributed by atoms with van der Waals surface area (Å²) in [5, 5.41) is 20.7. The number of nitrogen functional groups attached to an aromatic ring is 1. The second-order valence-electron chi connectivity index (χ2n) is 8.09. The van der Waals surface area contributed by atoms with Crippen molar-refractivity contribution in [2.45, 2.75) is 50.7 Å². The summed E-state index contributed by atoms with van der Waals surface area (Å²) in [7, 11) is 1.40. The number of hydrogen-bond acceptors (Lipinski definition) is 7. The van der Waals surface area contributed by atoms with Crippen molar-refractivity contribution < 1.29 is 14.2 Å². The first-order valence-corrected chi connectivity index (χ1v) is 10.4. The number of aliphatic hydroxyl groups is 1. The van der Waals surface area contributed by atoms with Gasteiger partial charge in [0.05, 0.1) is 24.4 Å². The Balaban J connectivity index is 1.56. The normalized spacial score (nSPS) is 21.7. The average Bonchev–Trinajstić information content (AvgIpc) is 3.42. The van der Waals surface area contributed by atoms with E-state index in [0.29, 0.717) is 35.2 Å². The van der Waals surface area contributed by atoms with Crippen LogP contribution in [0.3, 0.4) is 0 Å². The minimum Gasteiger partial charge on any atom is -0.494 e. The first-order valence-electron chi connectivity index (χ1n) is 10.4. The van der Waals surface area contributed by atoms with Gasteiger partial charge in [0, 0.05) is 35.7 Å². The van der Waals surface area contributed by atoms with Crippen LogP contribution in [0.5, 0.6) is 5.75 Å². The molecule has 1 aliphatic carbocycles. The number of benzene rings is 1. The fraction of sp³-hybridized carbons (Fsp3) is 0.429. The number of nitrogens with zero attached hydrogens (tertiary/aromatic N) is 6. The summed E-state index contributed by atoms with van der Waals surface area (Å²) in [6.07, 6.45) is 6.43. The summed E-state index contributed by atoms with van der Waals surface area (Å²) in [5.74, 6) is 0.242. The molecule has 1 fully saturated rings. The van der Waals surface area contributed by atoms with Gasteiger partial charge in [0.1, 0.15) is 0 Å². The Hall–Kier alpha value is -3.27. The molecule has 162 valence electrons. The highest BCUT2D eigenvalue weighted by atomic mass is 19.1. The molecule has 0 spiro atoms. The van der Waals surface area contributed by atoms with Crippen molar-refractivity contribution in [3.63, 3.8) is 0 Å². The maximum absolute atomic E-state index is 14.3. The minimum atomic E-state index is -0.987. The molecule has 0 bridgehead atoms. The van der Waals surface area contributed by atoms with Crippen LogP contribution in [-0.2, 0) is 12.1 Å². The summed E-state index contributed by atoms with van der Waals surface area (Å²) in [6.45, 7) is 2.75. The molecule has 3 heterocycles. The van der Waals surface area contributed by atoms with Crippen molar-refractivity contribution >= 4 is 22.5 Å². The molecule has 0 radical (unpaired) electrons. The number of aryl methyl sites for hydroxylation is 1. The quantitative estimate of drug-likeness (QED) is 0.516. The van der Waals surface area contributed by atoms with Gasteiger partial charge in [0.25, 0.3) is 0 Å². The smallest absolute Gasteiger partial charge is 0.223 e. The average molecular weight is 425 g/mol. The van der Waals surface area contributed by atoms with Crippen molar-refractivity contribution in [3.05, 3.63) is 41.7 Å². The number of ether oxygens (including phenoxy) is 1. The van der Waals surface area contributed by atoms with Gasteiger partial charge in [-0.05, 0) is 38.7 Å². The van der Waals surface area contributed by atoms with Gasteiger partial charge < -0.3 is 15.6 Å². The molecule has 1 aliphatic rings. The maximum atomic E-state index is 14.3. The first-order chi connectivity index (χ1) is 14.9. The molecule has 1 aromatic carbocycles. The lowest BCUT2D eigenvalue weighted by Gasteiger charge is -2.35. The van der Waals surface area contributed by atoms with Gasteiger partial charge in [-0.15, -0.1) is 5.10 Å². The number of halogens is 1. The van der Waals surface area contributed by atoms with Crippen molar-refractivity contribution in [1.82, 2.24) is 29.4 Å². The lowest BCUT2D eigenvalue weighted by Crippen LogP contribution is -2.32. The van der Waals surface area contributed by atoms with Gasteiger partial charge in [-0.25, -0.2) is 14.4 Å². The minimum absolute atomic E-state index is 0.0684. The first kappa shape index (κ1) is 19.7. The van der Waals surface area contributed by atoms with Gasteiger partial charge >= 0.3 is 0 Å². The zero-order chi connectivity index (χ0) is 21.8. The topological polar surface area (TPSA) is 116 Å². The van der Waals surface area contributed by atoms with Gasteiger partial charge in [0.15, 0.2) is 23.0 Å². The Labute approximate surface area is 177 Å². The number of nitrogens with two attached hydrogens (primary N) is 1. The third-order valence-corrected chi connectivity index (χ3v) is 6.17. The van der Waals surface area contributed by atoms with Crippen LogP contribution in [0.2, 0.25) is 0 Å². The lowest BCUT2D eigenvalue weighted by atomic mass is 9.75. The molecule has 3 N–H and O–H groups in total. The van der Waals surface area contributed by atoms with Crippen LogP contribution in [-0.4, -0.2) is 41.6 Å². The molecule has 9 nitrogen and oxygen atoms in total. The van der Waals surface area contributed by atoms with Crippen LogP contribution >= 0.6 is 0 Å². The summed E-state index contributed by atoms with van der Waals surface area (Å²) < 4.78 is 22.6. The van der Waals surface area contributed by atoms with E-state index in [1.165, 1.54) is 23.8 Å². The molecule has 31 heavy (non-hydrogen) atoms. The molecule has 4 aromatic rings. The summed E-state index contributed by atoms with van der Waals surface area (Å²) >= 11 is 0. The van der Waals surface area contributed by atoms with Crippen molar-refractivity contribution in [2.24, 2.45) is 0 Å². The fourth-order valence-corrected chi connectivity index (χ4v) is 4.49. The number of fused-ring (bicyclic) bond motifs is 3. The Kier molecular flexibility index (Phi) is 4.54. The maximum Gasteiger partial charge on any atom is 0.223 e. The zero-order valence-corrected chi connectivity index (χ0v) is 17.4. The highest BCUT2D eigenvalue weighted by Crippen LogP contribution is 2.43. The van der Waals surface area contributed by atoms with E-state index >= 15 is 0 Å². The molecular weight excluding hydrogens is 401 g/mol. The van der Waals surface area contributed by atoms with Crippen LogP contribution in [0.1, 0.15) is 49.9 Å². The Morgan fingerprint density at radius 2 is 2.19 bits per heavy atom. The monoisotopic (exact) mass is 425 g/mol. The van der Waals surface area contributed by atoms with E-state index < -0.39 is 11.4 Å². The number of anilines is 1. The third-order valence-electron chi connectivity index (χ3n) is 6.17. The van der Waals surface area contributed by atoms with Crippen molar-refractivity contribution in [3.8, 4) is 5.75 Å². The molecule has 2 atom stereocenters.